The number of rotatable bonds is 10. The van der Waals surface area contributed by atoms with Crippen molar-refractivity contribution >= 4 is 29.3 Å². The summed E-state index contributed by atoms with van der Waals surface area (Å²) in [6, 6.07) is 17.5. The van der Waals surface area contributed by atoms with Crippen LogP contribution in [-0.4, -0.2) is 53.9 Å². The van der Waals surface area contributed by atoms with Gasteiger partial charge in [0.1, 0.15) is 17.8 Å². The summed E-state index contributed by atoms with van der Waals surface area (Å²) in [4.78, 5) is 40.7. The maximum absolute atomic E-state index is 14.1. The van der Waals surface area contributed by atoms with E-state index in [-0.39, 0.29) is 42.6 Å². The minimum Gasteiger partial charge on any atom is -0.493 e. The average molecular weight is 605 g/mol. The van der Waals surface area contributed by atoms with E-state index in [0.29, 0.717) is 45.1 Å². The van der Waals surface area contributed by atoms with Crippen LogP contribution in [-0.2, 0) is 17.9 Å². The van der Waals surface area contributed by atoms with Crippen molar-refractivity contribution in [2.75, 3.05) is 28.4 Å². The van der Waals surface area contributed by atoms with Crippen LogP contribution in [0.5, 0.6) is 23.1 Å². The number of fused-ring (bicyclic) bond motifs is 1. The third kappa shape index (κ3) is 6.21. The fraction of sp³-hybridized carbons (Fsp3) is 0.194. The van der Waals surface area contributed by atoms with E-state index in [0.717, 1.165) is 0 Å². The molecule has 0 aliphatic carbocycles. The van der Waals surface area contributed by atoms with Gasteiger partial charge in [-0.15, -0.1) is 12.4 Å². The summed E-state index contributed by atoms with van der Waals surface area (Å²) in [7, 11) is 5.75. The molecule has 0 amide bonds. The first-order valence-corrected chi connectivity index (χ1v) is 12.9. The number of pyridine rings is 4. The normalized spacial score (nSPS) is 10.5. The van der Waals surface area contributed by atoms with Crippen LogP contribution < -0.4 is 24.5 Å². The molecule has 43 heavy (non-hydrogen) atoms. The molecule has 0 bridgehead atoms. The molecule has 0 unspecified atom stereocenters. The van der Waals surface area contributed by atoms with Crippen molar-refractivity contribution in [3.63, 3.8) is 0 Å². The van der Waals surface area contributed by atoms with Gasteiger partial charge in [-0.1, -0.05) is 12.1 Å². The van der Waals surface area contributed by atoms with E-state index in [4.69, 9.17) is 23.7 Å². The second-order valence-corrected chi connectivity index (χ2v) is 9.00. The summed E-state index contributed by atoms with van der Waals surface area (Å²) < 4.78 is 29.0. The van der Waals surface area contributed by atoms with Gasteiger partial charge in [-0.2, -0.15) is 0 Å². The molecule has 5 rings (SSSR count). The van der Waals surface area contributed by atoms with Crippen LogP contribution in [0.1, 0.15) is 21.9 Å². The van der Waals surface area contributed by atoms with Gasteiger partial charge < -0.3 is 23.7 Å². The zero-order chi connectivity index (χ0) is 29.6. The lowest BCUT2D eigenvalue weighted by atomic mass is 9.97. The highest BCUT2D eigenvalue weighted by atomic mass is 35.5. The molecule has 4 heterocycles. The van der Waals surface area contributed by atoms with Crippen molar-refractivity contribution in [3.05, 3.63) is 100 Å². The highest BCUT2D eigenvalue weighted by molar-refractivity contribution is 6.06. The van der Waals surface area contributed by atoms with Gasteiger partial charge in [0.2, 0.25) is 11.6 Å². The van der Waals surface area contributed by atoms with Gasteiger partial charge in [0.15, 0.2) is 11.5 Å². The van der Waals surface area contributed by atoms with Crippen LogP contribution in [0.2, 0.25) is 0 Å². The molecule has 222 valence electrons. The highest BCUT2D eigenvalue weighted by Gasteiger charge is 2.27. The van der Waals surface area contributed by atoms with Crippen molar-refractivity contribution in [1.29, 1.82) is 0 Å². The fourth-order valence-corrected chi connectivity index (χ4v) is 4.64. The summed E-state index contributed by atoms with van der Waals surface area (Å²) in [5, 5.41) is 0.400. The Bertz CT molecular complexity index is 1770. The summed E-state index contributed by atoms with van der Waals surface area (Å²) in [5.74, 6) is 0.599. The molecule has 12 heteroatoms. The number of aromatic nitrogens is 4. The lowest BCUT2D eigenvalue weighted by molar-refractivity contribution is 0.0588. The summed E-state index contributed by atoms with van der Waals surface area (Å²) in [6.45, 7) is 0.139. The van der Waals surface area contributed by atoms with Gasteiger partial charge >= 0.3 is 5.97 Å². The average Bonchev–Trinajstić information content (AvgIpc) is 3.04. The van der Waals surface area contributed by atoms with Crippen LogP contribution in [0.15, 0.2) is 77.9 Å². The van der Waals surface area contributed by atoms with Crippen molar-refractivity contribution in [3.8, 4) is 34.3 Å². The van der Waals surface area contributed by atoms with Gasteiger partial charge in [-0.25, -0.2) is 9.78 Å². The van der Waals surface area contributed by atoms with Gasteiger partial charge in [0, 0.05) is 29.4 Å². The van der Waals surface area contributed by atoms with E-state index in [1.807, 2.05) is 18.2 Å². The van der Waals surface area contributed by atoms with E-state index in [1.165, 1.54) is 33.0 Å². The number of carbonyl (C=O) groups is 1. The summed E-state index contributed by atoms with van der Waals surface area (Å²) in [5.41, 5.74) is 1.73. The minimum atomic E-state index is -0.718. The number of methoxy groups -OCH3 is 4. The Balaban J connectivity index is 0.00000423. The first-order valence-electron chi connectivity index (χ1n) is 12.9. The van der Waals surface area contributed by atoms with E-state index < -0.39 is 11.5 Å². The second-order valence-electron chi connectivity index (χ2n) is 9.00. The first kappa shape index (κ1) is 30.8. The van der Waals surface area contributed by atoms with Crippen molar-refractivity contribution in [2.24, 2.45) is 0 Å². The summed E-state index contributed by atoms with van der Waals surface area (Å²) >= 11 is 0. The number of hydrogen-bond acceptors (Lipinski definition) is 10. The van der Waals surface area contributed by atoms with Crippen LogP contribution in [0, 0.1) is 0 Å². The predicted molar refractivity (Wildman–Crippen MR) is 162 cm³/mol. The minimum absolute atomic E-state index is 0. The van der Waals surface area contributed by atoms with Crippen LogP contribution in [0.3, 0.4) is 0 Å². The smallest absolute Gasteiger partial charge is 0.355 e. The van der Waals surface area contributed by atoms with E-state index >= 15 is 0 Å². The maximum Gasteiger partial charge on any atom is 0.355 e. The molecule has 0 aliphatic rings. The number of hydrogen-bond donors (Lipinski definition) is 0. The Kier molecular flexibility index (Phi) is 9.79. The Morgan fingerprint density at radius 2 is 1.49 bits per heavy atom. The molecule has 0 spiro atoms. The van der Waals surface area contributed by atoms with Crippen molar-refractivity contribution in [1.82, 2.24) is 19.5 Å². The van der Waals surface area contributed by atoms with Gasteiger partial charge in [-0.05, 0) is 48.0 Å². The van der Waals surface area contributed by atoms with Crippen LogP contribution >= 0.6 is 12.4 Å². The molecular formula is C31H29ClN4O7. The molecule has 0 atom stereocenters. The number of halogens is 1. The van der Waals surface area contributed by atoms with Crippen LogP contribution in [0.25, 0.3) is 22.0 Å². The third-order valence-electron chi connectivity index (χ3n) is 6.57. The molecule has 5 aromatic rings. The molecule has 0 saturated heterocycles. The lowest BCUT2D eigenvalue weighted by Crippen LogP contribution is -2.29. The molecule has 0 radical (unpaired) electrons. The quantitative estimate of drug-likeness (QED) is 0.207. The van der Waals surface area contributed by atoms with Crippen LogP contribution in [0.4, 0.5) is 0 Å². The largest absolute Gasteiger partial charge is 0.493 e. The van der Waals surface area contributed by atoms with Gasteiger partial charge in [0.25, 0.3) is 5.56 Å². The molecule has 11 nitrogen and oxygen atoms in total. The zero-order valence-electron chi connectivity index (χ0n) is 23.9. The number of nitrogens with zero attached hydrogens (tertiary/aromatic N) is 4. The number of carbonyl (C=O) groups excluding carboxylic acids is 1. The van der Waals surface area contributed by atoms with E-state index in [2.05, 4.69) is 15.0 Å². The standard InChI is InChI=1S/C31H28N4O7.ClH/c1-38-23-15-19(16-24(39-2)29(23)40-3)26-22-11-12-25(42-18-21-10-6-8-14-33-21)34-27(22)30(36)35(28(26)31(37)41-4)17-20-9-5-7-13-32-20;/h5-16H,17-18H2,1-4H3;1H. The van der Waals surface area contributed by atoms with Crippen molar-refractivity contribution in [2.45, 2.75) is 13.2 Å². The molecule has 0 fully saturated rings. The van der Waals surface area contributed by atoms with Gasteiger partial charge in [0.05, 0.1) is 46.4 Å². The zero-order valence-corrected chi connectivity index (χ0v) is 24.7. The maximum atomic E-state index is 14.1. The molecule has 0 saturated carbocycles. The molecule has 1 aromatic carbocycles. The summed E-state index contributed by atoms with van der Waals surface area (Å²) in [6.07, 6.45) is 3.28. The molecule has 0 N–H and O–H groups in total. The Morgan fingerprint density at radius 3 is 2.05 bits per heavy atom. The third-order valence-corrected chi connectivity index (χ3v) is 6.57. The van der Waals surface area contributed by atoms with E-state index in [9.17, 15) is 9.59 Å². The number of esters is 1. The second kappa shape index (κ2) is 13.7. The Morgan fingerprint density at radius 1 is 0.837 bits per heavy atom. The number of ether oxygens (including phenoxy) is 5. The Labute approximate surface area is 253 Å². The SMILES string of the molecule is COC(=O)c1c(-c2cc(OC)c(OC)c(OC)c2)c2ccc(OCc3ccccn3)nc2c(=O)n1Cc1ccccn1.Cl. The van der Waals surface area contributed by atoms with E-state index in [1.54, 1.807) is 54.9 Å². The molecule has 4 aromatic heterocycles. The first-order chi connectivity index (χ1) is 20.5. The monoisotopic (exact) mass is 604 g/mol. The highest BCUT2D eigenvalue weighted by Crippen LogP contribution is 2.43. The Hall–Kier alpha value is -5.16. The van der Waals surface area contributed by atoms with Gasteiger partial charge in [-0.3, -0.25) is 19.3 Å². The predicted octanol–water partition coefficient (Wildman–Crippen LogP) is 4.72. The topological polar surface area (TPSA) is 124 Å². The lowest BCUT2D eigenvalue weighted by Gasteiger charge is -2.20. The molecular weight excluding hydrogens is 576 g/mol. The fourth-order valence-electron chi connectivity index (χ4n) is 4.64. The van der Waals surface area contributed by atoms with Crippen molar-refractivity contribution < 1.29 is 28.5 Å². The number of benzene rings is 1. The molecule has 0 aliphatic heterocycles.